The third-order valence-electron chi connectivity index (χ3n) is 1.40. The minimum atomic E-state index is -1.50. The molecule has 16 heavy (non-hydrogen) atoms. The predicted octanol–water partition coefficient (Wildman–Crippen LogP) is 0.0568. The summed E-state index contributed by atoms with van der Waals surface area (Å²) in [7, 11) is 0. The molecule has 0 saturated carbocycles. The monoisotopic (exact) mass is 227 g/mol. The third-order valence-corrected chi connectivity index (χ3v) is 1.40. The van der Waals surface area contributed by atoms with Crippen molar-refractivity contribution >= 4 is 11.6 Å². The van der Waals surface area contributed by atoms with E-state index in [1.54, 1.807) is 0 Å². The number of hydrogen-bond acceptors (Lipinski definition) is 4. The topological polar surface area (TPSA) is 140 Å². The van der Waals surface area contributed by atoms with Crippen LogP contribution in [-0.4, -0.2) is 16.3 Å². The number of benzene rings is 1. The number of guanidine groups is 1. The summed E-state index contributed by atoms with van der Waals surface area (Å²) in [5.74, 6) is 5.26. The first-order chi connectivity index (χ1) is 7.45. The number of hydrogen-bond donors (Lipinski definition) is 4. The van der Waals surface area contributed by atoms with Crippen molar-refractivity contribution in [3.63, 3.8) is 0 Å². The van der Waals surface area contributed by atoms with E-state index in [4.69, 9.17) is 26.9 Å². The molecule has 8 nitrogen and oxygen atoms in total. The van der Waals surface area contributed by atoms with Gasteiger partial charge in [0.25, 0.3) is 5.09 Å². The Morgan fingerprint density at radius 1 is 1.62 bits per heavy atom. The smallest absolute Gasteiger partial charge is 0.291 e. The summed E-state index contributed by atoms with van der Waals surface area (Å²) in [6.07, 6.45) is 0. The number of nitrogens with zero attached hydrogens (tertiary/aromatic N) is 2. The molecule has 0 bridgehead atoms. The zero-order valence-electron chi connectivity index (χ0n) is 8.62. The minimum absolute atomic E-state index is 0.209. The highest BCUT2D eigenvalue weighted by Crippen LogP contribution is 2.12. The summed E-state index contributed by atoms with van der Waals surface area (Å²) >= 11 is 0. The van der Waals surface area contributed by atoms with Crippen LogP contribution in [0.25, 0.3) is 0 Å². The lowest BCUT2D eigenvalue weighted by molar-refractivity contribution is -0.742. The van der Waals surface area contributed by atoms with Gasteiger partial charge in [0.2, 0.25) is 5.96 Å². The summed E-state index contributed by atoms with van der Waals surface area (Å²) in [4.78, 5) is 12.4. The van der Waals surface area contributed by atoms with Crippen LogP contribution >= 0.6 is 0 Å². The molecule has 0 fully saturated rings. The van der Waals surface area contributed by atoms with Crippen LogP contribution in [0.4, 0.5) is 5.69 Å². The normalized spacial score (nSPS) is 10.0. The van der Waals surface area contributed by atoms with E-state index in [1.807, 2.05) is 31.2 Å². The molecule has 1 aromatic carbocycles. The Bertz CT molecular complexity index is 376. The van der Waals surface area contributed by atoms with Crippen LogP contribution in [0.1, 0.15) is 5.56 Å². The number of nitrogens with one attached hydrogen (secondary N) is 1. The van der Waals surface area contributed by atoms with Crippen LogP contribution in [0.5, 0.6) is 0 Å². The van der Waals surface area contributed by atoms with Crippen LogP contribution < -0.4 is 17.0 Å². The molecular weight excluding hydrogens is 214 g/mol. The molecule has 0 atom stereocenters. The molecule has 0 saturated heterocycles. The fourth-order valence-electron chi connectivity index (χ4n) is 0.869. The molecule has 0 unspecified atom stereocenters. The van der Waals surface area contributed by atoms with Crippen molar-refractivity contribution in [3.05, 3.63) is 39.9 Å². The van der Waals surface area contributed by atoms with Crippen LogP contribution in [0.3, 0.4) is 0 Å². The zero-order valence-corrected chi connectivity index (χ0v) is 8.62. The molecule has 1 aromatic rings. The molecule has 0 heterocycles. The van der Waals surface area contributed by atoms with Gasteiger partial charge in [-0.05, 0) is 24.6 Å². The van der Waals surface area contributed by atoms with Gasteiger partial charge in [-0.3, -0.25) is 5.43 Å². The van der Waals surface area contributed by atoms with E-state index in [1.165, 1.54) is 0 Å². The van der Waals surface area contributed by atoms with Gasteiger partial charge in [-0.25, -0.2) is 10.8 Å². The standard InChI is InChI=1S/C8H12N4.HNO3/c1-6-3-2-4-7(5-6)11-8(9)12-10;2-1(3)4/h2-5H,10H2,1H3,(H3,9,11,12);(H,2,3,4). The fourth-order valence-corrected chi connectivity index (χ4v) is 0.869. The van der Waals surface area contributed by atoms with Gasteiger partial charge >= 0.3 is 0 Å². The Morgan fingerprint density at radius 3 is 2.62 bits per heavy atom. The Balaban J connectivity index is 0.000000487. The van der Waals surface area contributed by atoms with Crippen molar-refractivity contribution in [3.8, 4) is 0 Å². The van der Waals surface area contributed by atoms with Crippen LogP contribution in [-0.2, 0) is 0 Å². The first kappa shape index (κ1) is 13.7. The van der Waals surface area contributed by atoms with Gasteiger partial charge in [-0.15, -0.1) is 10.1 Å². The summed E-state index contributed by atoms with van der Waals surface area (Å²) < 4.78 is 0. The summed E-state index contributed by atoms with van der Waals surface area (Å²) in [6, 6.07) is 7.68. The maximum atomic E-state index is 8.36. The first-order valence-corrected chi connectivity index (χ1v) is 4.16. The lowest BCUT2D eigenvalue weighted by Gasteiger charge is -1.98. The first-order valence-electron chi connectivity index (χ1n) is 4.16. The molecule has 0 radical (unpaired) electrons. The van der Waals surface area contributed by atoms with E-state index in [-0.39, 0.29) is 5.96 Å². The molecule has 6 N–H and O–H groups in total. The van der Waals surface area contributed by atoms with E-state index in [2.05, 4.69) is 10.4 Å². The van der Waals surface area contributed by atoms with Crippen LogP contribution in [0, 0.1) is 17.0 Å². The van der Waals surface area contributed by atoms with Crippen molar-refractivity contribution in [2.24, 2.45) is 16.6 Å². The fraction of sp³-hybridized carbons (Fsp3) is 0.125. The van der Waals surface area contributed by atoms with Crippen molar-refractivity contribution < 1.29 is 10.3 Å². The molecule has 88 valence electrons. The zero-order chi connectivity index (χ0) is 12.6. The second kappa shape index (κ2) is 7.01. The predicted molar refractivity (Wildman–Crippen MR) is 58.6 cm³/mol. The Morgan fingerprint density at radius 2 is 2.19 bits per heavy atom. The van der Waals surface area contributed by atoms with Crippen LogP contribution in [0.2, 0.25) is 0 Å². The summed E-state index contributed by atoms with van der Waals surface area (Å²) in [5.41, 5.74) is 9.57. The number of aliphatic imine (C=N–C) groups is 1. The molecule has 0 spiro atoms. The van der Waals surface area contributed by atoms with Crippen molar-refractivity contribution in [1.82, 2.24) is 5.43 Å². The highest BCUT2D eigenvalue weighted by Gasteiger charge is 1.90. The van der Waals surface area contributed by atoms with Crippen LogP contribution in [0.15, 0.2) is 29.3 Å². The molecular formula is C8H13N5O3. The Kier molecular flexibility index (Phi) is 5.98. The van der Waals surface area contributed by atoms with Gasteiger partial charge in [-0.1, -0.05) is 12.1 Å². The van der Waals surface area contributed by atoms with Crippen molar-refractivity contribution in [2.45, 2.75) is 6.92 Å². The summed E-state index contributed by atoms with van der Waals surface area (Å²) in [6.45, 7) is 1.99. The highest BCUT2D eigenvalue weighted by molar-refractivity contribution is 5.80. The second-order valence-corrected chi connectivity index (χ2v) is 2.72. The van der Waals surface area contributed by atoms with Gasteiger partial charge in [0.1, 0.15) is 0 Å². The molecule has 0 aliphatic heterocycles. The number of hydrazine groups is 1. The third kappa shape index (κ3) is 7.09. The lowest BCUT2D eigenvalue weighted by Crippen LogP contribution is -2.36. The quantitative estimate of drug-likeness (QED) is 0.176. The SMILES string of the molecule is Cc1cccc(N=C(N)NN)c1.O=[N+]([O-])O. The number of aryl methyl sites for hydroxylation is 1. The number of nitrogens with two attached hydrogens (primary N) is 2. The van der Waals surface area contributed by atoms with Crippen molar-refractivity contribution in [2.75, 3.05) is 0 Å². The van der Waals surface area contributed by atoms with E-state index in [0.29, 0.717) is 0 Å². The molecule has 0 amide bonds. The van der Waals surface area contributed by atoms with Gasteiger partial charge < -0.3 is 10.9 Å². The second-order valence-electron chi connectivity index (χ2n) is 2.72. The maximum absolute atomic E-state index is 8.36. The van der Waals surface area contributed by atoms with E-state index >= 15 is 0 Å². The maximum Gasteiger partial charge on any atom is 0.291 e. The Labute approximate surface area is 91.7 Å². The largest absolute Gasteiger partial charge is 0.369 e. The Hall–Kier alpha value is -2.35. The van der Waals surface area contributed by atoms with Gasteiger partial charge in [0.05, 0.1) is 5.69 Å². The minimum Gasteiger partial charge on any atom is -0.369 e. The highest BCUT2D eigenvalue weighted by atomic mass is 16.9. The molecule has 0 aliphatic rings. The van der Waals surface area contributed by atoms with E-state index < -0.39 is 5.09 Å². The lowest BCUT2D eigenvalue weighted by atomic mass is 10.2. The van der Waals surface area contributed by atoms with E-state index in [9.17, 15) is 0 Å². The average molecular weight is 227 g/mol. The molecule has 1 rings (SSSR count). The molecule has 8 heteroatoms. The van der Waals surface area contributed by atoms with E-state index in [0.717, 1.165) is 11.3 Å². The molecule has 0 aromatic heterocycles. The average Bonchev–Trinajstić information content (AvgIpc) is 2.16. The summed E-state index contributed by atoms with van der Waals surface area (Å²) in [5, 5.41) is 13.6. The van der Waals surface area contributed by atoms with Crippen molar-refractivity contribution in [1.29, 1.82) is 0 Å². The van der Waals surface area contributed by atoms with Gasteiger partial charge in [-0.2, -0.15) is 0 Å². The van der Waals surface area contributed by atoms with Gasteiger partial charge in [0.15, 0.2) is 0 Å². The number of rotatable bonds is 1. The molecule has 0 aliphatic carbocycles. The van der Waals surface area contributed by atoms with Gasteiger partial charge in [0, 0.05) is 0 Å².